The molecule has 0 saturated carbocycles. The molecule has 0 amide bonds. The van der Waals surface area contributed by atoms with Gasteiger partial charge in [-0.15, -0.1) is 10.2 Å². The number of para-hydroxylation sites is 1. The second-order valence-electron chi connectivity index (χ2n) is 3.09. The maximum atomic E-state index is 11.9. The summed E-state index contributed by atoms with van der Waals surface area (Å²) < 4.78 is 35.8. The van der Waals surface area contributed by atoms with Gasteiger partial charge in [0.25, 0.3) is 0 Å². The number of rotatable bonds is 2. The average Bonchev–Trinajstić information content (AvgIpc) is 2.25. The van der Waals surface area contributed by atoms with Crippen molar-refractivity contribution in [3.05, 3.63) is 24.3 Å². The Bertz CT molecular complexity index is 497. The molecule has 0 aliphatic carbocycles. The first kappa shape index (κ1) is 10.6. The number of benzene rings is 1. The van der Waals surface area contributed by atoms with Crippen LogP contribution in [0.4, 0.5) is 19.1 Å². The van der Waals surface area contributed by atoms with Crippen molar-refractivity contribution in [3.8, 4) is 0 Å². The van der Waals surface area contributed by atoms with E-state index >= 15 is 0 Å². The van der Waals surface area contributed by atoms with E-state index in [9.17, 15) is 13.2 Å². The molecular formula is C9H7F3N4. The molecule has 0 saturated heterocycles. The molecule has 1 heterocycles. The number of alkyl halides is 3. The third-order valence-corrected chi connectivity index (χ3v) is 1.81. The fourth-order valence-corrected chi connectivity index (χ4v) is 1.14. The zero-order valence-electron chi connectivity index (χ0n) is 7.99. The SMILES string of the molecule is FC(F)(F)CNc1nnc2ccccc2n1. The predicted octanol–water partition coefficient (Wildman–Crippen LogP) is 2.00. The van der Waals surface area contributed by atoms with Crippen molar-refractivity contribution in [1.82, 2.24) is 15.2 Å². The molecule has 1 aromatic carbocycles. The molecule has 84 valence electrons. The summed E-state index contributed by atoms with van der Waals surface area (Å²) in [4.78, 5) is 3.89. The first-order chi connectivity index (χ1) is 7.54. The molecule has 2 rings (SSSR count). The van der Waals surface area contributed by atoms with E-state index in [4.69, 9.17) is 0 Å². The summed E-state index contributed by atoms with van der Waals surface area (Å²) in [6.45, 7) is -1.17. The fourth-order valence-electron chi connectivity index (χ4n) is 1.14. The van der Waals surface area contributed by atoms with Gasteiger partial charge in [-0.2, -0.15) is 13.2 Å². The molecular weight excluding hydrogens is 221 g/mol. The molecule has 7 heteroatoms. The van der Waals surface area contributed by atoms with Gasteiger partial charge in [-0.25, -0.2) is 4.98 Å². The zero-order valence-corrected chi connectivity index (χ0v) is 7.99. The summed E-state index contributed by atoms with van der Waals surface area (Å²) in [7, 11) is 0. The minimum atomic E-state index is -4.30. The van der Waals surface area contributed by atoms with Crippen LogP contribution in [0.1, 0.15) is 0 Å². The molecule has 2 aromatic rings. The van der Waals surface area contributed by atoms with Crippen LogP contribution in [-0.4, -0.2) is 27.9 Å². The van der Waals surface area contributed by atoms with Crippen LogP contribution in [-0.2, 0) is 0 Å². The van der Waals surface area contributed by atoms with Crippen molar-refractivity contribution in [1.29, 1.82) is 0 Å². The Morgan fingerprint density at radius 1 is 1.06 bits per heavy atom. The van der Waals surface area contributed by atoms with E-state index in [1.807, 2.05) is 0 Å². The minimum Gasteiger partial charge on any atom is -0.344 e. The summed E-state index contributed by atoms with van der Waals surface area (Å²) in [6.07, 6.45) is -4.30. The van der Waals surface area contributed by atoms with Crippen molar-refractivity contribution < 1.29 is 13.2 Å². The molecule has 1 N–H and O–H groups in total. The summed E-state index contributed by atoms with van der Waals surface area (Å²) in [5.41, 5.74) is 1.04. The predicted molar refractivity (Wildman–Crippen MR) is 51.9 cm³/mol. The van der Waals surface area contributed by atoms with Crippen LogP contribution in [0, 0.1) is 0 Å². The van der Waals surface area contributed by atoms with E-state index in [-0.39, 0.29) is 5.95 Å². The highest BCUT2D eigenvalue weighted by Crippen LogP contribution is 2.15. The van der Waals surface area contributed by atoms with Crippen molar-refractivity contribution in [2.45, 2.75) is 6.18 Å². The number of hydrogen-bond donors (Lipinski definition) is 1. The van der Waals surface area contributed by atoms with E-state index in [0.29, 0.717) is 11.0 Å². The maximum absolute atomic E-state index is 11.9. The van der Waals surface area contributed by atoms with E-state index in [1.54, 1.807) is 24.3 Å². The van der Waals surface area contributed by atoms with Crippen molar-refractivity contribution in [2.24, 2.45) is 0 Å². The highest BCUT2D eigenvalue weighted by molar-refractivity contribution is 5.73. The number of nitrogens with one attached hydrogen (secondary N) is 1. The molecule has 0 aliphatic rings. The topological polar surface area (TPSA) is 50.7 Å². The standard InChI is InChI=1S/C9H7F3N4/c10-9(11,12)5-13-8-14-6-3-1-2-4-7(6)15-16-8/h1-4H,5H2,(H,13,14,16). The van der Waals surface area contributed by atoms with Crippen LogP contribution in [0.25, 0.3) is 11.0 Å². The van der Waals surface area contributed by atoms with Gasteiger partial charge in [0.15, 0.2) is 0 Å². The Kier molecular flexibility index (Phi) is 2.59. The Balaban J connectivity index is 2.20. The quantitative estimate of drug-likeness (QED) is 0.854. The maximum Gasteiger partial charge on any atom is 0.405 e. The van der Waals surface area contributed by atoms with Gasteiger partial charge in [0.05, 0.1) is 5.52 Å². The van der Waals surface area contributed by atoms with Crippen LogP contribution in [0.15, 0.2) is 24.3 Å². The fraction of sp³-hybridized carbons (Fsp3) is 0.222. The third kappa shape index (κ3) is 2.56. The van der Waals surface area contributed by atoms with Gasteiger partial charge in [0.2, 0.25) is 5.95 Å². The number of hydrogen-bond acceptors (Lipinski definition) is 4. The Morgan fingerprint density at radius 2 is 1.75 bits per heavy atom. The van der Waals surface area contributed by atoms with E-state index in [1.165, 1.54) is 0 Å². The lowest BCUT2D eigenvalue weighted by atomic mass is 10.3. The van der Waals surface area contributed by atoms with Gasteiger partial charge in [0, 0.05) is 0 Å². The largest absolute Gasteiger partial charge is 0.405 e. The molecule has 0 unspecified atom stereocenters. The number of nitrogens with zero attached hydrogens (tertiary/aromatic N) is 3. The molecule has 0 bridgehead atoms. The van der Waals surface area contributed by atoms with Crippen LogP contribution >= 0.6 is 0 Å². The lowest BCUT2D eigenvalue weighted by Crippen LogP contribution is -2.22. The number of aromatic nitrogens is 3. The Labute approximate surface area is 88.5 Å². The number of fused-ring (bicyclic) bond motifs is 1. The van der Waals surface area contributed by atoms with Gasteiger partial charge >= 0.3 is 6.18 Å². The van der Waals surface area contributed by atoms with Crippen molar-refractivity contribution in [3.63, 3.8) is 0 Å². The van der Waals surface area contributed by atoms with Crippen molar-refractivity contribution >= 4 is 17.0 Å². The van der Waals surface area contributed by atoms with E-state index in [2.05, 4.69) is 20.5 Å². The second kappa shape index (κ2) is 3.92. The lowest BCUT2D eigenvalue weighted by Gasteiger charge is -2.07. The van der Waals surface area contributed by atoms with Gasteiger partial charge in [-0.1, -0.05) is 12.1 Å². The monoisotopic (exact) mass is 228 g/mol. The number of halogens is 3. The average molecular weight is 228 g/mol. The van der Waals surface area contributed by atoms with Crippen LogP contribution in [0.2, 0.25) is 0 Å². The molecule has 0 radical (unpaired) electrons. The normalized spacial score (nSPS) is 11.7. The lowest BCUT2D eigenvalue weighted by molar-refractivity contribution is -0.115. The highest BCUT2D eigenvalue weighted by atomic mass is 19.4. The van der Waals surface area contributed by atoms with E-state index in [0.717, 1.165) is 0 Å². The van der Waals surface area contributed by atoms with Crippen molar-refractivity contribution in [2.75, 3.05) is 11.9 Å². The van der Waals surface area contributed by atoms with Crippen LogP contribution < -0.4 is 5.32 Å². The van der Waals surface area contributed by atoms with Crippen LogP contribution in [0.5, 0.6) is 0 Å². The molecule has 0 spiro atoms. The highest BCUT2D eigenvalue weighted by Gasteiger charge is 2.27. The first-order valence-electron chi connectivity index (χ1n) is 4.45. The van der Waals surface area contributed by atoms with Gasteiger partial charge < -0.3 is 5.32 Å². The molecule has 16 heavy (non-hydrogen) atoms. The van der Waals surface area contributed by atoms with Gasteiger partial charge in [-0.05, 0) is 12.1 Å². The van der Waals surface area contributed by atoms with E-state index < -0.39 is 12.7 Å². The third-order valence-electron chi connectivity index (χ3n) is 1.81. The minimum absolute atomic E-state index is 0.129. The molecule has 1 aromatic heterocycles. The van der Waals surface area contributed by atoms with Crippen LogP contribution in [0.3, 0.4) is 0 Å². The first-order valence-corrected chi connectivity index (χ1v) is 4.45. The summed E-state index contributed by atoms with van der Waals surface area (Å²) >= 11 is 0. The molecule has 0 fully saturated rings. The zero-order chi connectivity index (χ0) is 11.6. The Morgan fingerprint density at radius 3 is 2.44 bits per heavy atom. The van der Waals surface area contributed by atoms with Gasteiger partial charge in [-0.3, -0.25) is 0 Å². The molecule has 4 nitrogen and oxygen atoms in total. The molecule has 0 atom stereocenters. The summed E-state index contributed by atoms with van der Waals surface area (Å²) in [5.74, 6) is -0.129. The summed E-state index contributed by atoms with van der Waals surface area (Å²) in [5, 5.41) is 9.34. The second-order valence-corrected chi connectivity index (χ2v) is 3.09. The summed E-state index contributed by atoms with van der Waals surface area (Å²) in [6, 6.07) is 6.82. The molecule has 0 aliphatic heterocycles. The van der Waals surface area contributed by atoms with Gasteiger partial charge in [0.1, 0.15) is 12.1 Å². The number of anilines is 1. The Hall–Kier alpha value is -1.92. The smallest absolute Gasteiger partial charge is 0.344 e.